The molecule has 1 N–H and O–H groups in total. The number of aliphatic hydroxyl groups is 1. The molecular formula is C34H36O6. The van der Waals surface area contributed by atoms with Crippen LogP contribution < -0.4 is 0 Å². The second-order valence-corrected chi connectivity index (χ2v) is 9.85. The lowest BCUT2D eigenvalue weighted by Gasteiger charge is -2.44. The molecule has 0 spiro atoms. The van der Waals surface area contributed by atoms with Crippen molar-refractivity contribution in [3.05, 3.63) is 144 Å². The van der Waals surface area contributed by atoms with Gasteiger partial charge in [-0.25, -0.2) is 0 Å². The van der Waals surface area contributed by atoms with Crippen LogP contribution in [0.25, 0.3) is 0 Å². The highest BCUT2D eigenvalue weighted by molar-refractivity contribution is 5.16. The Morgan fingerprint density at radius 1 is 0.500 bits per heavy atom. The molecule has 1 saturated heterocycles. The number of rotatable bonds is 13. The first-order valence-electron chi connectivity index (χ1n) is 13.7. The molecule has 5 atom stereocenters. The normalized spacial score (nSPS) is 22.7. The summed E-state index contributed by atoms with van der Waals surface area (Å²) in [4.78, 5) is 0. The van der Waals surface area contributed by atoms with Gasteiger partial charge in [0.1, 0.15) is 24.4 Å². The minimum absolute atomic E-state index is 0.247. The molecule has 0 saturated carbocycles. The lowest BCUT2D eigenvalue weighted by molar-refractivity contribution is -0.321. The summed E-state index contributed by atoms with van der Waals surface area (Å²) in [6.45, 7) is 1.63. The summed E-state index contributed by atoms with van der Waals surface area (Å²) in [5, 5.41) is 11.5. The molecule has 208 valence electrons. The molecule has 0 amide bonds. The van der Waals surface area contributed by atoms with Crippen LogP contribution in [0.4, 0.5) is 0 Å². The molecule has 5 rings (SSSR count). The van der Waals surface area contributed by atoms with Crippen LogP contribution in [0.1, 0.15) is 22.3 Å². The Kier molecular flexibility index (Phi) is 10.5. The Balaban J connectivity index is 1.34. The fraction of sp³-hybridized carbons (Fsp3) is 0.294. The highest BCUT2D eigenvalue weighted by Gasteiger charge is 2.47. The Bertz CT molecular complexity index is 1200. The second kappa shape index (κ2) is 14.9. The maximum Gasteiger partial charge on any atom is 0.187 e. The predicted octanol–water partition coefficient (Wildman–Crippen LogP) is 5.68. The minimum atomic E-state index is -1.07. The zero-order valence-electron chi connectivity index (χ0n) is 22.5. The largest absolute Gasteiger partial charge is 0.385 e. The van der Waals surface area contributed by atoms with Crippen LogP contribution in [0.2, 0.25) is 0 Å². The summed E-state index contributed by atoms with van der Waals surface area (Å²) in [5.74, 6) is 0. The molecule has 1 aliphatic rings. The Morgan fingerprint density at radius 3 is 1.38 bits per heavy atom. The Labute approximate surface area is 236 Å². The molecule has 0 aromatic heterocycles. The zero-order valence-corrected chi connectivity index (χ0v) is 22.5. The standard InChI is InChI=1S/C34H36O6/c35-31-33(38-23-28-17-9-3-10-18-28)32(37-22-27-15-7-2-8-16-27)30(25-36-21-26-13-5-1-6-14-26)40-34(31)39-24-29-19-11-4-12-20-29/h1-20,30-35H,21-25H2. The van der Waals surface area contributed by atoms with Crippen molar-refractivity contribution in [3.63, 3.8) is 0 Å². The van der Waals surface area contributed by atoms with Crippen LogP contribution in [0, 0.1) is 0 Å². The third-order valence-electron chi connectivity index (χ3n) is 6.84. The van der Waals surface area contributed by atoms with Crippen molar-refractivity contribution in [2.75, 3.05) is 6.61 Å². The van der Waals surface area contributed by atoms with Crippen LogP contribution in [-0.2, 0) is 50.1 Å². The lowest BCUT2D eigenvalue weighted by Crippen LogP contribution is -2.61. The number of hydrogen-bond donors (Lipinski definition) is 1. The van der Waals surface area contributed by atoms with E-state index in [1.165, 1.54) is 0 Å². The predicted molar refractivity (Wildman–Crippen MR) is 152 cm³/mol. The highest BCUT2D eigenvalue weighted by Crippen LogP contribution is 2.29. The van der Waals surface area contributed by atoms with Crippen molar-refractivity contribution in [2.24, 2.45) is 0 Å². The van der Waals surface area contributed by atoms with Gasteiger partial charge in [0.25, 0.3) is 0 Å². The van der Waals surface area contributed by atoms with Crippen LogP contribution in [0.5, 0.6) is 0 Å². The first-order valence-corrected chi connectivity index (χ1v) is 13.7. The molecule has 6 nitrogen and oxygen atoms in total. The van der Waals surface area contributed by atoms with Crippen LogP contribution in [0.15, 0.2) is 121 Å². The number of ether oxygens (including phenoxy) is 5. The van der Waals surface area contributed by atoms with Gasteiger partial charge in [0.15, 0.2) is 6.29 Å². The molecule has 0 bridgehead atoms. The van der Waals surface area contributed by atoms with E-state index in [2.05, 4.69) is 0 Å². The van der Waals surface area contributed by atoms with Gasteiger partial charge in [0.2, 0.25) is 0 Å². The average molecular weight is 541 g/mol. The summed E-state index contributed by atoms with van der Waals surface area (Å²) in [6, 6.07) is 39.6. The van der Waals surface area contributed by atoms with Crippen LogP contribution >= 0.6 is 0 Å². The fourth-order valence-electron chi connectivity index (χ4n) is 4.71. The fourth-order valence-corrected chi connectivity index (χ4v) is 4.71. The smallest absolute Gasteiger partial charge is 0.187 e. The van der Waals surface area contributed by atoms with E-state index in [9.17, 15) is 5.11 Å². The second-order valence-electron chi connectivity index (χ2n) is 9.85. The molecule has 0 radical (unpaired) electrons. The van der Waals surface area contributed by atoms with Crippen LogP contribution in [0.3, 0.4) is 0 Å². The number of hydrogen-bond acceptors (Lipinski definition) is 6. The van der Waals surface area contributed by atoms with Crippen LogP contribution in [-0.4, -0.2) is 42.4 Å². The summed E-state index contributed by atoms with van der Waals surface area (Å²) in [5.41, 5.74) is 4.07. The van der Waals surface area contributed by atoms with Gasteiger partial charge in [-0.1, -0.05) is 121 Å². The van der Waals surface area contributed by atoms with Gasteiger partial charge in [-0.2, -0.15) is 0 Å². The maximum absolute atomic E-state index is 11.5. The van der Waals surface area contributed by atoms with E-state index < -0.39 is 30.7 Å². The van der Waals surface area contributed by atoms with E-state index in [0.717, 1.165) is 22.3 Å². The summed E-state index contributed by atoms with van der Waals surface area (Å²) in [7, 11) is 0. The monoisotopic (exact) mass is 540 g/mol. The third-order valence-corrected chi connectivity index (χ3v) is 6.84. The SMILES string of the molecule is OC1C(OCc2ccccc2)OC(COCc2ccccc2)C(OCc2ccccc2)C1OCc1ccccc1. The molecule has 1 aliphatic heterocycles. The Morgan fingerprint density at radius 2 is 0.900 bits per heavy atom. The molecule has 1 heterocycles. The topological polar surface area (TPSA) is 66.4 Å². The van der Waals surface area contributed by atoms with Gasteiger partial charge >= 0.3 is 0 Å². The molecule has 0 aliphatic carbocycles. The molecule has 1 fully saturated rings. The molecule has 4 aromatic rings. The number of aliphatic hydroxyl groups excluding tert-OH is 1. The lowest BCUT2D eigenvalue weighted by atomic mass is 9.98. The van der Waals surface area contributed by atoms with Gasteiger partial charge in [-0.3, -0.25) is 0 Å². The Hall–Kier alpha value is -3.36. The van der Waals surface area contributed by atoms with Crippen molar-refractivity contribution in [3.8, 4) is 0 Å². The van der Waals surface area contributed by atoms with Gasteiger partial charge in [0.05, 0.1) is 33.0 Å². The first kappa shape index (κ1) is 28.2. The quantitative estimate of drug-likeness (QED) is 0.236. The van der Waals surface area contributed by atoms with Gasteiger partial charge < -0.3 is 28.8 Å². The zero-order chi connectivity index (χ0) is 27.4. The van der Waals surface area contributed by atoms with Crippen molar-refractivity contribution in [1.82, 2.24) is 0 Å². The number of benzene rings is 4. The van der Waals surface area contributed by atoms with E-state index >= 15 is 0 Å². The van der Waals surface area contributed by atoms with E-state index in [0.29, 0.717) is 26.4 Å². The minimum Gasteiger partial charge on any atom is -0.385 e. The summed E-state index contributed by atoms with van der Waals surface area (Å²) < 4.78 is 31.3. The van der Waals surface area contributed by atoms with E-state index in [1.54, 1.807) is 0 Å². The van der Waals surface area contributed by atoms with Gasteiger partial charge in [-0.05, 0) is 22.3 Å². The first-order chi connectivity index (χ1) is 19.8. The molecule has 40 heavy (non-hydrogen) atoms. The van der Waals surface area contributed by atoms with E-state index in [4.69, 9.17) is 23.7 Å². The summed E-state index contributed by atoms with van der Waals surface area (Å²) >= 11 is 0. The van der Waals surface area contributed by atoms with E-state index in [-0.39, 0.29) is 6.61 Å². The molecule has 4 aromatic carbocycles. The van der Waals surface area contributed by atoms with Crippen molar-refractivity contribution in [1.29, 1.82) is 0 Å². The van der Waals surface area contributed by atoms with Gasteiger partial charge in [-0.15, -0.1) is 0 Å². The molecule has 5 unspecified atom stereocenters. The highest BCUT2D eigenvalue weighted by atomic mass is 16.7. The van der Waals surface area contributed by atoms with Crippen molar-refractivity contribution < 1.29 is 28.8 Å². The third kappa shape index (κ3) is 8.08. The van der Waals surface area contributed by atoms with Gasteiger partial charge in [0, 0.05) is 0 Å². The maximum atomic E-state index is 11.5. The van der Waals surface area contributed by atoms with Crippen molar-refractivity contribution in [2.45, 2.75) is 57.1 Å². The van der Waals surface area contributed by atoms with Crippen molar-refractivity contribution >= 4 is 0 Å². The van der Waals surface area contributed by atoms with E-state index in [1.807, 2.05) is 121 Å². The average Bonchev–Trinajstić information content (AvgIpc) is 3.01. The summed E-state index contributed by atoms with van der Waals surface area (Å²) in [6.07, 6.45) is -3.81. The molecule has 6 heteroatoms. The molecular weight excluding hydrogens is 504 g/mol.